The van der Waals surface area contributed by atoms with E-state index >= 15 is 0 Å². The monoisotopic (exact) mass is 372 g/mol. The molecule has 1 saturated carbocycles. The lowest BCUT2D eigenvalue weighted by atomic mass is 9.75. The van der Waals surface area contributed by atoms with Gasteiger partial charge in [-0.1, -0.05) is 6.07 Å². The summed E-state index contributed by atoms with van der Waals surface area (Å²) >= 11 is 0. The van der Waals surface area contributed by atoms with Gasteiger partial charge in [0.25, 0.3) is 5.91 Å². The van der Waals surface area contributed by atoms with E-state index in [1.54, 1.807) is 37.6 Å². The van der Waals surface area contributed by atoms with Crippen LogP contribution in [0.15, 0.2) is 36.5 Å². The van der Waals surface area contributed by atoms with Crippen molar-refractivity contribution in [2.24, 2.45) is 5.92 Å². The number of hydrogen-bond donors (Lipinski definition) is 2. The van der Waals surface area contributed by atoms with Gasteiger partial charge < -0.3 is 24.6 Å². The summed E-state index contributed by atoms with van der Waals surface area (Å²) in [5, 5.41) is 12.8. The molecule has 7 nitrogen and oxygen atoms in total. The van der Waals surface area contributed by atoms with Crippen LogP contribution in [-0.4, -0.2) is 43.4 Å². The Bertz CT molecular complexity index is 765. The predicted octanol–water partition coefficient (Wildman–Crippen LogP) is 2.35. The lowest BCUT2D eigenvalue weighted by Gasteiger charge is -2.38. The van der Waals surface area contributed by atoms with Gasteiger partial charge in [0.05, 0.1) is 33.5 Å². The molecule has 0 spiro atoms. The van der Waals surface area contributed by atoms with Gasteiger partial charge in [0.15, 0.2) is 0 Å². The molecule has 1 fully saturated rings. The van der Waals surface area contributed by atoms with Gasteiger partial charge in [-0.15, -0.1) is 0 Å². The molecule has 27 heavy (non-hydrogen) atoms. The first-order valence-corrected chi connectivity index (χ1v) is 8.76. The fraction of sp³-hybridized carbons (Fsp3) is 0.400. The number of aliphatic hydroxyl groups excluding tert-OH is 1. The Morgan fingerprint density at radius 1 is 1.11 bits per heavy atom. The number of nitrogens with one attached hydrogen (secondary N) is 1. The maximum Gasteiger partial charge on any atom is 0.252 e. The van der Waals surface area contributed by atoms with Crippen molar-refractivity contribution >= 4 is 5.91 Å². The fourth-order valence-corrected chi connectivity index (χ4v) is 3.23. The first-order valence-electron chi connectivity index (χ1n) is 8.76. The van der Waals surface area contributed by atoms with Crippen LogP contribution in [0.3, 0.4) is 0 Å². The SMILES string of the molecule is COc1cc(OC)cc(C(=O)N[C@H](c2ccc(OC)nc2)C2CC(O)C2)c1. The highest BCUT2D eigenvalue weighted by molar-refractivity contribution is 5.95. The number of carbonyl (C=O) groups is 1. The van der Waals surface area contributed by atoms with Crippen LogP contribution in [-0.2, 0) is 0 Å². The highest BCUT2D eigenvalue weighted by Crippen LogP contribution is 2.38. The average molecular weight is 372 g/mol. The van der Waals surface area contributed by atoms with E-state index in [-0.39, 0.29) is 24.0 Å². The minimum atomic E-state index is -0.322. The number of ether oxygens (including phenoxy) is 3. The molecular formula is C20H24N2O5. The molecule has 2 N–H and O–H groups in total. The first-order chi connectivity index (χ1) is 13.0. The van der Waals surface area contributed by atoms with Crippen LogP contribution in [0.2, 0.25) is 0 Å². The molecule has 0 bridgehead atoms. The number of benzene rings is 1. The molecule has 0 aliphatic heterocycles. The Labute approximate surface area is 158 Å². The second-order valence-corrected chi connectivity index (χ2v) is 6.57. The molecule has 1 atom stereocenters. The largest absolute Gasteiger partial charge is 0.497 e. The third-order valence-electron chi connectivity index (χ3n) is 4.85. The molecule has 1 aromatic carbocycles. The van der Waals surface area contributed by atoms with Crippen molar-refractivity contribution in [3.05, 3.63) is 47.7 Å². The fourth-order valence-electron chi connectivity index (χ4n) is 3.23. The number of aromatic nitrogens is 1. The zero-order chi connectivity index (χ0) is 19.4. The molecule has 1 heterocycles. The van der Waals surface area contributed by atoms with Crippen LogP contribution < -0.4 is 19.5 Å². The number of amides is 1. The summed E-state index contributed by atoms with van der Waals surface area (Å²) in [4.78, 5) is 17.1. The number of hydrogen-bond acceptors (Lipinski definition) is 6. The van der Waals surface area contributed by atoms with Crippen LogP contribution >= 0.6 is 0 Å². The van der Waals surface area contributed by atoms with Crippen LogP contribution in [0.1, 0.15) is 34.8 Å². The van der Waals surface area contributed by atoms with E-state index in [9.17, 15) is 9.90 Å². The number of nitrogens with zero attached hydrogens (tertiary/aromatic N) is 1. The molecule has 2 aromatic rings. The van der Waals surface area contributed by atoms with Crippen LogP contribution in [0.5, 0.6) is 17.4 Å². The molecule has 3 rings (SSSR count). The average Bonchev–Trinajstić information content (AvgIpc) is 2.69. The normalized spacial score (nSPS) is 19.6. The van der Waals surface area contributed by atoms with Crippen molar-refractivity contribution in [3.8, 4) is 17.4 Å². The number of aliphatic hydroxyl groups is 1. The molecule has 144 valence electrons. The Morgan fingerprint density at radius 3 is 2.26 bits per heavy atom. The third kappa shape index (κ3) is 4.31. The van der Waals surface area contributed by atoms with E-state index in [2.05, 4.69) is 10.3 Å². The second-order valence-electron chi connectivity index (χ2n) is 6.57. The molecule has 0 saturated heterocycles. The predicted molar refractivity (Wildman–Crippen MR) is 99.3 cm³/mol. The van der Waals surface area contributed by atoms with E-state index in [4.69, 9.17) is 14.2 Å². The Morgan fingerprint density at radius 2 is 1.78 bits per heavy atom. The molecule has 1 amide bonds. The maximum atomic E-state index is 12.9. The molecule has 0 radical (unpaired) electrons. The van der Waals surface area contributed by atoms with Crippen molar-refractivity contribution in [2.75, 3.05) is 21.3 Å². The lowest BCUT2D eigenvalue weighted by molar-refractivity contribution is 0.0234. The quantitative estimate of drug-likeness (QED) is 0.775. The van der Waals surface area contributed by atoms with Crippen molar-refractivity contribution < 1.29 is 24.1 Å². The Kier molecular flexibility index (Phi) is 5.81. The Balaban J connectivity index is 1.84. The van der Waals surface area contributed by atoms with Gasteiger partial charge in [0, 0.05) is 23.9 Å². The van der Waals surface area contributed by atoms with E-state index in [0.29, 0.717) is 35.8 Å². The van der Waals surface area contributed by atoms with Crippen LogP contribution in [0.25, 0.3) is 0 Å². The molecule has 1 aliphatic carbocycles. The zero-order valence-electron chi connectivity index (χ0n) is 15.6. The highest BCUT2D eigenvalue weighted by atomic mass is 16.5. The summed E-state index contributed by atoms with van der Waals surface area (Å²) in [7, 11) is 4.63. The van der Waals surface area contributed by atoms with Gasteiger partial charge in [0.2, 0.25) is 5.88 Å². The van der Waals surface area contributed by atoms with E-state index < -0.39 is 0 Å². The highest BCUT2D eigenvalue weighted by Gasteiger charge is 2.36. The Hall–Kier alpha value is -2.80. The summed E-state index contributed by atoms with van der Waals surface area (Å²) < 4.78 is 15.6. The van der Waals surface area contributed by atoms with E-state index in [1.807, 2.05) is 6.07 Å². The van der Waals surface area contributed by atoms with E-state index in [0.717, 1.165) is 5.56 Å². The van der Waals surface area contributed by atoms with Crippen LogP contribution in [0.4, 0.5) is 0 Å². The second kappa shape index (κ2) is 8.26. The zero-order valence-corrected chi connectivity index (χ0v) is 15.6. The van der Waals surface area contributed by atoms with Crippen molar-refractivity contribution in [3.63, 3.8) is 0 Å². The summed E-state index contributed by atoms with van der Waals surface area (Å²) in [6, 6.07) is 8.43. The topological polar surface area (TPSA) is 89.9 Å². The minimum absolute atomic E-state index is 0.145. The molecule has 0 unspecified atom stereocenters. The number of rotatable bonds is 7. The van der Waals surface area contributed by atoms with Gasteiger partial charge in [-0.2, -0.15) is 0 Å². The molecule has 7 heteroatoms. The minimum Gasteiger partial charge on any atom is -0.497 e. The van der Waals surface area contributed by atoms with Gasteiger partial charge in [-0.3, -0.25) is 4.79 Å². The standard InChI is InChI=1S/C20H24N2O5/c1-25-16-8-14(9-17(10-16)26-2)20(24)22-19(13-6-15(23)7-13)12-4-5-18(27-3)21-11-12/h4-5,8-11,13,15,19,23H,6-7H2,1-3H3,(H,22,24)/t13?,15?,19-/m1/s1. The van der Waals surface area contributed by atoms with Crippen LogP contribution in [0, 0.1) is 5.92 Å². The maximum absolute atomic E-state index is 12.9. The third-order valence-corrected chi connectivity index (χ3v) is 4.85. The smallest absolute Gasteiger partial charge is 0.252 e. The summed E-state index contributed by atoms with van der Waals surface area (Å²) in [6.07, 6.45) is 2.65. The van der Waals surface area contributed by atoms with Gasteiger partial charge in [0.1, 0.15) is 11.5 Å². The van der Waals surface area contributed by atoms with Gasteiger partial charge in [-0.25, -0.2) is 4.98 Å². The van der Waals surface area contributed by atoms with Gasteiger partial charge in [-0.05, 0) is 36.5 Å². The van der Waals surface area contributed by atoms with Crippen molar-refractivity contribution in [2.45, 2.75) is 25.0 Å². The van der Waals surface area contributed by atoms with Crippen molar-refractivity contribution in [1.82, 2.24) is 10.3 Å². The summed E-state index contributed by atoms with van der Waals surface area (Å²) in [6.45, 7) is 0. The summed E-state index contributed by atoms with van der Waals surface area (Å²) in [5.74, 6) is 1.50. The summed E-state index contributed by atoms with van der Waals surface area (Å²) in [5.41, 5.74) is 1.31. The first kappa shape index (κ1) is 19.0. The molecule has 1 aliphatic rings. The van der Waals surface area contributed by atoms with Crippen molar-refractivity contribution in [1.29, 1.82) is 0 Å². The lowest BCUT2D eigenvalue weighted by Crippen LogP contribution is -2.41. The molecule has 1 aromatic heterocycles. The molecular weight excluding hydrogens is 348 g/mol. The number of pyridine rings is 1. The van der Waals surface area contributed by atoms with E-state index in [1.165, 1.54) is 14.2 Å². The van der Waals surface area contributed by atoms with Gasteiger partial charge >= 0.3 is 0 Å². The number of methoxy groups -OCH3 is 3. The number of carbonyl (C=O) groups excluding carboxylic acids is 1.